The number of aliphatic hydroxyl groups is 2. The first kappa shape index (κ1) is 8.39. The number of aliphatic carboxylic acids is 1. The summed E-state index contributed by atoms with van der Waals surface area (Å²) in [5.41, 5.74) is -1.56. The van der Waals surface area contributed by atoms with Crippen molar-refractivity contribution in [2.24, 2.45) is 0 Å². The highest BCUT2D eigenvalue weighted by molar-refractivity contribution is 5.73. The summed E-state index contributed by atoms with van der Waals surface area (Å²) in [5, 5.41) is 25.5. The third-order valence-corrected chi connectivity index (χ3v) is 0.903. The molecule has 0 bridgehead atoms. The number of carboxylic acids is 1. The monoisotopic (exact) mass is 136 g/mol. The van der Waals surface area contributed by atoms with Gasteiger partial charge in [0.2, 0.25) is 0 Å². The molecule has 0 saturated carbocycles. The van der Waals surface area contributed by atoms with Gasteiger partial charge in [0.1, 0.15) is 0 Å². The lowest BCUT2D eigenvalue weighted by atomic mass is 10.1. The van der Waals surface area contributed by atoms with Crippen molar-refractivity contribution in [1.29, 1.82) is 0 Å². The van der Waals surface area contributed by atoms with Gasteiger partial charge in [-0.15, -0.1) is 0 Å². The number of hydrogen-bond donors (Lipinski definition) is 3. The Morgan fingerprint density at radius 3 is 1.89 bits per heavy atom. The lowest BCUT2D eigenvalue weighted by Crippen LogP contribution is -2.41. The van der Waals surface area contributed by atoms with Crippen molar-refractivity contribution in [2.45, 2.75) is 25.6 Å². The van der Waals surface area contributed by atoms with Crippen LogP contribution in [0.3, 0.4) is 0 Å². The van der Waals surface area contributed by atoms with Crippen LogP contribution >= 0.6 is 0 Å². The minimum atomic E-state index is -1.71. The Kier molecular flexibility index (Phi) is 2.17. The second kappa shape index (κ2) is 2.33. The molecule has 54 valence electrons. The molecule has 0 aromatic heterocycles. The molecule has 1 atom stereocenters. The second-order valence-electron chi connectivity index (χ2n) is 2.39. The Bertz CT molecular complexity index is 113. The molecule has 0 rings (SSSR count). The van der Waals surface area contributed by atoms with Gasteiger partial charge in [-0.05, 0) is 13.8 Å². The standard InChI is InChI=1S/C5H10O4/c1-5(2,9)3(6)4(7)8/h3,6,9H,1-2H3,(H,7,8)/i4+2. The highest BCUT2D eigenvalue weighted by Gasteiger charge is 2.30. The van der Waals surface area contributed by atoms with E-state index in [1.807, 2.05) is 0 Å². The summed E-state index contributed by atoms with van der Waals surface area (Å²) in [6.07, 6.45) is -1.71. The fraction of sp³-hybridized carbons (Fsp3) is 0.800. The maximum Gasteiger partial charge on any atom is 0.335 e. The van der Waals surface area contributed by atoms with Gasteiger partial charge in [0, 0.05) is 0 Å². The molecule has 4 nitrogen and oxygen atoms in total. The van der Waals surface area contributed by atoms with E-state index in [0.29, 0.717) is 0 Å². The summed E-state index contributed by atoms with van der Waals surface area (Å²) < 4.78 is 0. The quantitative estimate of drug-likeness (QED) is 0.464. The van der Waals surface area contributed by atoms with Gasteiger partial charge in [0.15, 0.2) is 6.10 Å². The Labute approximate surface area is 52.7 Å². The summed E-state index contributed by atoms with van der Waals surface area (Å²) in [6.45, 7) is 2.46. The number of hydrogen-bond acceptors (Lipinski definition) is 3. The summed E-state index contributed by atoms with van der Waals surface area (Å²) in [6, 6.07) is 0. The number of carbonyl (C=O) groups is 1. The van der Waals surface area contributed by atoms with Gasteiger partial charge in [-0.3, -0.25) is 0 Å². The van der Waals surface area contributed by atoms with Crippen LogP contribution in [0.2, 0.25) is 0 Å². The van der Waals surface area contributed by atoms with Crippen LogP contribution in [-0.2, 0) is 4.79 Å². The van der Waals surface area contributed by atoms with Crippen LogP contribution in [0.15, 0.2) is 0 Å². The zero-order valence-corrected chi connectivity index (χ0v) is 5.33. The van der Waals surface area contributed by atoms with Crippen molar-refractivity contribution in [2.75, 3.05) is 0 Å². The van der Waals surface area contributed by atoms with Crippen LogP contribution in [0.25, 0.3) is 0 Å². The highest BCUT2D eigenvalue weighted by atomic mass is 16.7. The van der Waals surface area contributed by atoms with Gasteiger partial charge in [-0.25, -0.2) is 4.79 Å². The maximum atomic E-state index is 9.94. The average molecular weight is 136 g/mol. The third kappa shape index (κ3) is 2.43. The van der Waals surface area contributed by atoms with Crippen molar-refractivity contribution >= 4 is 5.97 Å². The molecule has 0 radical (unpaired) electrons. The zero-order valence-electron chi connectivity index (χ0n) is 5.33. The van der Waals surface area contributed by atoms with E-state index in [1.165, 1.54) is 13.8 Å². The van der Waals surface area contributed by atoms with Crippen molar-refractivity contribution in [3.8, 4) is 0 Å². The molecule has 0 heterocycles. The fourth-order valence-electron chi connectivity index (χ4n) is 0.302. The minimum Gasteiger partial charge on any atom is -0.479 e. The van der Waals surface area contributed by atoms with Gasteiger partial charge in [0.25, 0.3) is 0 Å². The van der Waals surface area contributed by atoms with E-state index in [9.17, 15) is 4.79 Å². The van der Waals surface area contributed by atoms with Gasteiger partial charge in [-0.1, -0.05) is 0 Å². The van der Waals surface area contributed by atoms with E-state index in [1.54, 1.807) is 0 Å². The van der Waals surface area contributed by atoms with Crippen LogP contribution in [0.5, 0.6) is 0 Å². The summed E-state index contributed by atoms with van der Waals surface area (Å²) in [7, 11) is 0. The van der Waals surface area contributed by atoms with Crippen LogP contribution in [-0.4, -0.2) is 33.0 Å². The first-order valence-electron chi connectivity index (χ1n) is 2.49. The molecule has 0 aliphatic carbocycles. The highest BCUT2D eigenvalue weighted by Crippen LogP contribution is 2.07. The fourth-order valence-corrected chi connectivity index (χ4v) is 0.302. The van der Waals surface area contributed by atoms with Crippen molar-refractivity contribution < 1.29 is 20.1 Å². The molecule has 9 heavy (non-hydrogen) atoms. The molecule has 0 aliphatic heterocycles. The van der Waals surface area contributed by atoms with Crippen molar-refractivity contribution in [1.82, 2.24) is 0 Å². The Morgan fingerprint density at radius 2 is 1.89 bits per heavy atom. The van der Waals surface area contributed by atoms with Crippen LogP contribution in [0, 0.1) is 0 Å². The van der Waals surface area contributed by atoms with Crippen molar-refractivity contribution in [3.05, 3.63) is 0 Å². The summed E-state index contributed by atoms with van der Waals surface area (Å²) in [4.78, 5) is 9.94. The van der Waals surface area contributed by atoms with E-state index in [0.717, 1.165) is 0 Å². The van der Waals surface area contributed by atoms with E-state index in [2.05, 4.69) is 0 Å². The molecule has 3 N–H and O–H groups in total. The van der Waals surface area contributed by atoms with Crippen LogP contribution in [0.4, 0.5) is 0 Å². The molecule has 0 fully saturated rings. The molecule has 0 aromatic rings. The van der Waals surface area contributed by atoms with Gasteiger partial charge >= 0.3 is 5.97 Å². The molecule has 0 amide bonds. The molecule has 0 spiro atoms. The smallest absolute Gasteiger partial charge is 0.335 e. The first-order valence-corrected chi connectivity index (χ1v) is 2.49. The zero-order chi connectivity index (χ0) is 7.65. The third-order valence-electron chi connectivity index (χ3n) is 0.903. The van der Waals surface area contributed by atoms with E-state index in [4.69, 9.17) is 15.3 Å². The molecule has 4 heteroatoms. The molecule has 0 aliphatic rings. The topological polar surface area (TPSA) is 77.8 Å². The lowest BCUT2D eigenvalue weighted by molar-refractivity contribution is -0.159. The number of rotatable bonds is 2. The molecular formula is C5H10O4. The number of carboxylic acid groups (broad SMARTS) is 1. The number of aliphatic hydroxyl groups excluding tert-OH is 1. The lowest BCUT2D eigenvalue weighted by Gasteiger charge is -2.19. The molecule has 0 aromatic carbocycles. The van der Waals surface area contributed by atoms with Crippen LogP contribution < -0.4 is 0 Å². The van der Waals surface area contributed by atoms with Gasteiger partial charge in [0.05, 0.1) is 5.60 Å². The van der Waals surface area contributed by atoms with Crippen molar-refractivity contribution in [3.63, 3.8) is 0 Å². The Morgan fingerprint density at radius 1 is 1.56 bits per heavy atom. The van der Waals surface area contributed by atoms with Gasteiger partial charge in [-0.2, -0.15) is 0 Å². The largest absolute Gasteiger partial charge is 0.479 e. The summed E-state index contributed by atoms with van der Waals surface area (Å²) >= 11 is 0. The Balaban J connectivity index is 4.04. The summed E-state index contributed by atoms with van der Waals surface area (Å²) in [5.74, 6) is -1.41. The van der Waals surface area contributed by atoms with E-state index in [-0.39, 0.29) is 0 Å². The normalized spacial score (nSPS) is 15.1. The molecule has 0 saturated heterocycles. The van der Waals surface area contributed by atoms with E-state index >= 15 is 0 Å². The average Bonchev–Trinajstić information content (AvgIpc) is 1.62. The predicted molar refractivity (Wildman–Crippen MR) is 29.9 cm³/mol. The molecular weight excluding hydrogens is 126 g/mol. The SMILES string of the molecule is CC(C)(O)C(O)[14C](=O)O. The molecule has 1 unspecified atom stereocenters. The predicted octanol–water partition coefficient (Wildman–Crippen LogP) is -0.797. The maximum absolute atomic E-state index is 9.94. The first-order chi connectivity index (χ1) is 3.85. The second-order valence-corrected chi connectivity index (χ2v) is 2.39. The minimum absolute atomic E-state index is 1.23. The van der Waals surface area contributed by atoms with Gasteiger partial charge < -0.3 is 15.3 Å². The Hall–Kier alpha value is -0.610. The van der Waals surface area contributed by atoms with Crippen LogP contribution in [0.1, 0.15) is 13.8 Å². The van der Waals surface area contributed by atoms with E-state index < -0.39 is 17.7 Å².